The maximum absolute atomic E-state index is 11.9. The number of aryl methyl sites for hydroxylation is 2. The molecule has 0 atom stereocenters. The Morgan fingerprint density at radius 2 is 2.16 bits per heavy atom. The van der Waals surface area contributed by atoms with Gasteiger partial charge < -0.3 is 9.26 Å². The van der Waals surface area contributed by atoms with E-state index in [4.69, 9.17) is 20.9 Å². The van der Waals surface area contributed by atoms with Crippen molar-refractivity contribution in [2.75, 3.05) is 6.61 Å². The Labute approximate surface area is 116 Å². The molecule has 0 bridgehead atoms. The van der Waals surface area contributed by atoms with Crippen LogP contribution in [0.15, 0.2) is 22.7 Å². The third-order valence-electron chi connectivity index (χ3n) is 2.72. The van der Waals surface area contributed by atoms with E-state index in [0.29, 0.717) is 34.2 Å². The lowest BCUT2D eigenvalue weighted by Gasteiger charge is -2.05. The number of hydrogen-bond donors (Lipinski definition) is 0. The van der Waals surface area contributed by atoms with E-state index in [1.165, 1.54) is 0 Å². The molecule has 1 aromatic carbocycles. The van der Waals surface area contributed by atoms with E-state index >= 15 is 0 Å². The van der Waals surface area contributed by atoms with E-state index in [1.807, 2.05) is 25.1 Å². The summed E-state index contributed by atoms with van der Waals surface area (Å²) in [6, 6.07) is 5.54. The molecule has 2 aromatic rings. The van der Waals surface area contributed by atoms with E-state index in [0.717, 1.165) is 5.56 Å². The predicted octanol–water partition coefficient (Wildman–Crippen LogP) is 3.79. The van der Waals surface area contributed by atoms with Crippen LogP contribution >= 0.6 is 11.6 Å². The Morgan fingerprint density at radius 1 is 1.42 bits per heavy atom. The highest BCUT2D eigenvalue weighted by molar-refractivity contribution is 6.33. The van der Waals surface area contributed by atoms with E-state index in [2.05, 4.69) is 5.16 Å². The molecule has 19 heavy (non-hydrogen) atoms. The lowest BCUT2D eigenvalue weighted by atomic mass is 10.0. The Kier molecular flexibility index (Phi) is 3.90. The Bertz CT molecular complexity index is 619. The normalized spacial score (nSPS) is 10.5. The number of carbonyl (C=O) groups excluding carboxylic acids is 1. The fourth-order valence-electron chi connectivity index (χ4n) is 1.81. The van der Waals surface area contributed by atoms with Crippen molar-refractivity contribution in [3.05, 3.63) is 40.1 Å². The van der Waals surface area contributed by atoms with Crippen molar-refractivity contribution in [3.63, 3.8) is 0 Å². The predicted molar refractivity (Wildman–Crippen MR) is 72.4 cm³/mol. The minimum atomic E-state index is -0.451. The molecule has 0 spiro atoms. The summed E-state index contributed by atoms with van der Waals surface area (Å²) in [6.07, 6.45) is 0. The van der Waals surface area contributed by atoms with Crippen LogP contribution in [-0.4, -0.2) is 17.7 Å². The van der Waals surface area contributed by atoms with E-state index in [1.54, 1.807) is 13.8 Å². The molecule has 1 aromatic heterocycles. The summed E-state index contributed by atoms with van der Waals surface area (Å²) < 4.78 is 10.1. The minimum Gasteiger partial charge on any atom is -0.462 e. The third kappa shape index (κ3) is 2.63. The van der Waals surface area contributed by atoms with Crippen LogP contribution in [-0.2, 0) is 4.74 Å². The molecule has 0 aliphatic heterocycles. The quantitative estimate of drug-likeness (QED) is 0.802. The summed E-state index contributed by atoms with van der Waals surface area (Å²) in [5.74, 6) is -0.0296. The second kappa shape index (κ2) is 5.45. The van der Waals surface area contributed by atoms with Crippen LogP contribution in [0.1, 0.15) is 28.6 Å². The molecule has 1 heterocycles. The molecule has 0 aliphatic rings. The van der Waals surface area contributed by atoms with Crippen LogP contribution < -0.4 is 0 Å². The molecule has 0 saturated carbocycles. The van der Waals surface area contributed by atoms with Gasteiger partial charge in [-0.15, -0.1) is 0 Å². The molecule has 0 fully saturated rings. The molecule has 0 amide bonds. The lowest BCUT2D eigenvalue weighted by Crippen LogP contribution is -2.06. The Balaban J connectivity index is 2.54. The van der Waals surface area contributed by atoms with Crippen LogP contribution in [0.5, 0.6) is 0 Å². The molecule has 0 unspecified atom stereocenters. The molecule has 2 rings (SSSR count). The zero-order valence-electron chi connectivity index (χ0n) is 11.0. The Morgan fingerprint density at radius 3 is 2.79 bits per heavy atom. The zero-order valence-corrected chi connectivity index (χ0v) is 11.7. The molecule has 0 aliphatic carbocycles. The Hall–Kier alpha value is -1.81. The summed E-state index contributed by atoms with van der Waals surface area (Å²) >= 11 is 6.19. The summed E-state index contributed by atoms with van der Waals surface area (Å²) in [5, 5.41) is 4.45. The first-order valence-corrected chi connectivity index (χ1v) is 6.32. The fourth-order valence-corrected chi connectivity index (χ4v) is 2.14. The molecular weight excluding hydrogens is 266 g/mol. The molecule has 4 nitrogen and oxygen atoms in total. The minimum absolute atomic E-state index is 0.296. The third-order valence-corrected chi connectivity index (χ3v) is 3.03. The van der Waals surface area contributed by atoms with Gasteiger partial charge in [0, 0.05) is 5.56 Å². The maximum atomic E-state index is 11.9. The highest BCUT2D eigenvalue weighted by atomic mass is 35.5. The summed E-state index contributed by atoms with van der Waals surface area (Å²) in [7, 11) is 0. The van der Waals surface area contributed by atoms with Gasteiger partial charge in [-0.05, 0) is 32.4 Å². The highest BCUT2D eigenvalue weighted by Gasteiger charge is 2.23. The largest absolute Gasteiger partial charge is 0.462 e. The average molecular weight is 280 g/mol. The molecule has 0 saturated heterocycles. The van der Waals surface area contributed by atoms with Gasteiger partial charge in [-0.1, -0.05) is 28.9 Å². The summed E-state index contributed by atoms with van der Waals surface area (Å²) in [5.41, 5.74) is 2.44. The van der Waals surface area contributed by atoms with Gasteiger partial charge in [0.2, 0.25) is 0 Å². The molecule has 100 valence electrons. The van der Waals surface area contributed by atoms with Gasteiger partial charge in [-0.3, -0.25) is 0 Å². The van der Waals surface area contributed by atoms with Gasteiger partial charge in [0.15, 0.2) is 0 Å². The van der Waals surface area contributed by atoms with Crippen molar-refractivity contribution in [3.8, 4) is 11.3 Å². The molecule has 0 radical (unpaired) electrons. The summed E-state index contributed by atoms with van der Waals surface area (Å²) in [4.78, 5) is 11.9. The number of halogens is 1. The average Bonchev–Trinajstić information content (AvgIpc) is 2.71. The van der Waals surface area contributed by atoms with Gasteiger partial charge in [0.1, 0.15) is 17.0 Å². The molecule has 5 heteroatoms. The smallest absolute Gasteiger partial charge is 0.344 e. The van der Waals surface area contributed by atoms with Gasteiger partial charge in [0.05, 0.1) is 11.6 Å². The van der Waals surface area contributed by atoms with Crippen LogP contribution in [0, 0.1) is 13.8 Å². The maximum Gasteiger partial charge on any atom is 0.344 e. The number of benzene rings is 1. The number of aromatic nitrogens is 1. The van der Waals surface area contributed by atoms with Crippen molar-refractivity contribution in [2.24, 2.45) is 0 Å². The first kappa shape index (κ1) is 13.6. The topological polar surface area (TPSA) is 52.3 Å². The van der Waals surface area contributed by atoms with Gasteiger partial charge in [-0.2, -0.15) is 0 Å². The first-order chi connectivity index (χ1) is 9.04. The number of hydrogen-bond acceptors (Lipinski definition) is 4. The SMILES string of the molecule is CCOC(=O)c1c(-c2ccc(C)cc2Cl)noc1C. The number of rotatable bonds is 3. The number of nitrogens with zero attached hydrogens (tertiary/aromatic N) is 1. The van der Waals surface area contributed by atoms with Crippen molar-refractivity contribution in [1.82, 2.24) is 5.16 Å². The fraction of sp³-hybridized carbons (Fsp3) is 0.286. The first-order valence-electron chi connectivity index (χ1n) is 5.94. The highest BCUT2D eigenvalue weighted by Crippen LogP contribution is 2.32. The van der Waals surface area contributed by atoms with Crippen LogP contribution in [0.2, 0.25) is 5.02 Å². The zero-order chi connectivity index (χ0) is 14.0. The van der Waals surface area contributed by atoms with Crippen molar-refractivity contribution in [2.45, 2.75) is 20.8 Å². The number of carbonyl (C=O) groups is 1. The standard InChI is InChI=1S/C14H14ClNO3/c1-4-18-14(17)12-9(3)19-16-13(12)10-6-5-8(2)7-11(10)15/h5-7H,4H2,1-3H3. The van der Waals surface area contributed by atoms with Crippen molar-refractivity contribution in [1.29, 1.82) is 0 Å². The van der Waals surface area contributed by atoms with Crippen LogP contribution in [0.3, 0.4) is 0 Å². The lowest BCUT2D eigenvalue weighted by molar-refractivity contribution is 0.0525. The monoisotopic (exact) mass is 279 g/mol. The van der Waals surface area contributed by atoms with E-state index < -0.39 is 5.97 Å². The van der Waals surface area contributed by atoms with Gasteiger partial charge in [-0.25, -0.2) is 4.79 Å². The van der Waals surface area contributed by atoms with Crippen molar-refractivity contribution >= 4 is 17.6 Å². The van der Waals surface area contributed by atoms with Gasteiger partial charge in [0.25, 0.3) is 0 Å². The van der Waals surface area contributed by atoms with E-state index in [-0.39, 0.29) is 0 Å². The number of ether oxygens (including phenoxy) is 1. The summed E-state index contributed by atoms with van der Waals surface area (Å²) in [6.45, 7) is 5.66. The van der Waals surface area contributed by atoms with Crippen LogP contribution in [0.4, 0.5) is 0 Å². The number of esters is 1. The second-order valence-corrected chi connectivity index (χ2v) is 4.57. The molecular formula is C14H14ClNO3. The second-order valence-electron chi connectivity index (χ2n) is 4.17. The van der Waals surface area contributed by atoms with Crippen molar-refractivity contribution < 1.29 is 14.1 Å². The molecule has 0 N–H and O–H groups in total. The van der Waals surface area contributed by atoms with Crippen LogP contribution in [0.25, 0.3) is 11.3 Å². The van der Waals surface area contributed by atoms with Gasteiger partial charge >= 0.3 is 5.97 Å². The van der Waals surface area contributed by atoms with E-state index in [9.17, 15) is 4.79 Å².